The second-order valence-corrected chi connectivity index (χ2v) is 6.33. The molecule has 2 bridgehead atoms. The molecule has 114 valence electrons. The molecule has 0 saturated carbocycles. The summed E-state index contributed by atoms with van der Waals surface area (Å²) >= 11 is 0. The largest absolute Gasteiger partial charge is 0.372 e. The van der Waals surface area contributed by atoms with Gasteiger partial charge in [-0.25, -0.2) is 0 Å². The van der Waals surface area contributed by atoms with Crippen molar-refractivity contribution < 1.29 is 4.79 Å². The second kappa shape index (κ2) is 6.18. The molecule has 3 aliphatic rings. The van der Waals surface area contributed by atoms with E-state index in [0.29, 0.717) is 11.7 Å². The zero-order chi connectivity index (χ0) is 14.8. The Morgan fingerprint density at radius 3 is 2.24 bits per heavy atom. The molecule has 3 nitrogen and oxygen atoms in total. The molecule has 0 amide bonds. The maximum Gasteiger partial charge on any atom is 0.167 e. The summed E-state index contributed by atoms with van der Waals surface area (Å²) in [7, 11) is 0. The molecular weight excluding hydrogens is 260 g/mol. The average molecular weight is 286 g/mol. The summed E-state index contributed by atoms with van der Waals surface area (Å²) in [6.07, 6.45) is 2.40. The summed E-state index contributed by atoms with van der Waals surface area (Å²) in [5.41, 5.74) is 2.11. The highest BCUT2D eigenvalue weighted by molar-refractivity contribution is 5.98. The van der Waals surface area contributed by atoms with Crippen LogP contribution in [0.25, 0.3) is 0 Å². The quantitative estimate of drug-likeness (QED) is 0.777. The fraction of sp³-hybridized carbons (Fsp3) is 0.611. The zero-order valence-electron chi connectivity index (χ0n) is 13.2. The number of Topliss-reactive ketones (excluding diaryl/α,β-unsaturated/α-hetero) is 1. The molecular formula is C18H26N2O. The SMILES string of the molecule is CCN(CC)c1ccc(C(=O)C2CN3CCC2CC3)cc1. The van der Waals surface area contributed by atoms with Gasteiger partial charge in [-0.15, -0.1) is 0 Å². The number of rotatable bonds is 5. The van der Waals surface area contributed by atoms with Crippen molar-refractivity contribution in [1.82, 2.24) is 4.90 Å². The number of piperidine rings is 3. The van der Waals surface area contributed by atoms with Crippen molar-refractivity contribution in [3.8, 4) is 0 Å². The number of anilines is 1. The summed E-state index contributed by atoms with van der Waals surface area (Å²) in [4.78, 5) is 17.5. The van der Waals surface area contributed by atoms with Crippen LogP contribution < -0.4 is 4.90 Å². The summed E-state index contributed by atoms with van der Waals surface area (Å²) in [5, 5.41) is 0. The second-order valence-electron chi connectivity index (χ2n) is 6.33. The van der Waals surface area contributed by atoms with E-state index in [0.717, 1.165) is 25.2 Å². The molecule has 0 aromatic heterocycles. The number of hydrogen-bond acceptors (Lipinski definition) is 3. The van der Waals surface area contributed by atoms with Crippen molar-refractivity contribution in [2.24, 2.45) is 11.8 Å². The maximum atomic E-state index is 12.8. The van der Waals surface area contributed by atoms with Gasteiger partial charge in [0.15, 0.2) is 5.78 Å². The van der Waals surface area contributed by atoms with Crippen molar-refractivity contribution in [1.29, 1.82) is 0 Å². The van der Waals surface area contributed by atoms with Crippen molar-refractivity contribution >= 4 is 11.5 Å². The van der Waals surface area contributed by atoms with Gasteiger partial charge in [-0.05, 0) is 70.0 Å². The molecule has 0 N–H and O–H groups in total. The Balaban J connectivity index is 1.73. The van der Waals surface area contributed by atoms with Gasteiger partial charge in [0.05, 0.1) is 0 Å². The molecule has 0 spiro atoms. The smallest absolute Gasteiger partial charge is 0.167 e. The third-order valence-electron chi connectivity index (χ3n) is 5.27. The first-order valence-electron chi connectivity index (χ1n) is 8.34. The molecule has 21 heavy (non-hydrogen) atoms. The number of benzene rings is 1. The molecule has 3 fully saturated rings. The molecule has 3 aliphatic heterocycles. The van der Waals surface area contributed by atoms with Gasteiger partial charge in [0.25, 0.3) is 0 Å². The van der Waals surface area contributed by atoms with Gasteiger partial charge in [0.2, 0.25) is 0 Å². The number of ketones is 1. The van der Waals surface area contributed by atoms with E-state index < -0.39 is 0 Å². The first-order valence-corrected chi connectivity index (χ1v) is 8.34. The highest BCUT2D eigenvalue weighted by atomic mass is 16.1. The molecule has 3 saturated heterocycles. The van der Waals surface area contributed by atoms with Crippen LogP contribution in [0.1, 0.15) is 37.0 Å². The molecule has 1 aromatic carbocycles. The predicted molar refractivity (Wildman–Crippen MR) is 87.0 cm³/mol. The minimum atomic E-state index is 0.229. The van der Waals surface area contributed by atoms with Crippen molar-refractivity contribution in [3.63, 3.8) is 0 Å². The van der Waals surface area contributed by atoms with Crippen LogP contribution in [-0.2, 0) is 0 Å². The monoisotopic (exact) mass is 286 g/mol. The first kappa shape index (κ1) is 14.6. The van der Waals surface area contributed by atoms with E-state index in [2.05, 4.69) is 35.8 Å². The van der Waals surface area contributed by atoms with Gasteiger partial charge in [0, 0.05) is 36.8 Å². The lowest BCUT2D eigenvalue weighted by Gasteiger charge is -2.44. The standard InChI is InChI=1S/C18H26N2O/c1-3-20(4-2)16-7-5-15(6-8-16)18(21)17-13-19-11-9-14(17)10-12-19/h5-8,14,17H,3-4,9-13H2,1-2H3. The van der Waals surface area contributed by atoms with Crippen LogP contribution >= 0.6 is 0 Å². The van der Waals surface area contributed by atoms with E-state index >= 15 is 0 Å². The minimum absolute atomic E-state index is 0.229. The van der Waals surface area contributed by atoms with E-state index in [1.165, 1.54) is 31.6 Å². The Morgan fingerprint density at radius 2 is 1.76 bits per heavy atom. The molecule has 4 rings (SSSR count). The molecule has 3 heterocycles. The van der Waals surface area contributed by atoms with Gasteiger partial charge in [-0.1, -0.05) is 0 Å². The number of carbonyl (C=O) groups is 1. The van der Waals surface area contributed by atoms with Crippen LogP contribution in [0.4, 0.5) is 5.69 Å². The van der Waals surface area contributed by atoms with E-state index in [4.69, 9.17) is 0 Å². The Morgan fingerprint density at radius 1 is 1.14 bits per heavy atom. The van der Waals surface area contributed by atoms with E-state index in [-0.39, 0.29) is 5.92 Å². The van der Waals surface area contributed by atoms with Gasteiger partial charge < -0.3 is 9.80 Å². The van der Waals surface area contributed by atoms with Crippen LogP contribution in [0.3, 0.4) is 0 Å². The van der Waals surface area contributed by atoms with Gasteiger partial charge in [0.1, 0.15) is 0 Å². The van der Waals surface area contributed by atoms with Crippen molar-refractivity contribution in [2.75, 3.05) is 37.6 Å². The molecule has 1 aromatic rings. The van der Waals surface area contributed by atoms with Crippen LogP contribution in [-0.4, -0.2) is 43.4 Å². The molecule has 0 radical (unpaired) electrons. The maximum absolute atomic E-state index is 12.8. The Hall–Kier alpha value is -1.35. The summed E-state index contributed by atoms with van der Waals surface area (Å²) in [6.45, 7) is 9.68. The van der Waals surface area contributed by atoms with E-state index in [1.807, 2.05) is 12.1 Å². The number of fused-ring (bicyclic) bond motifs is 3. The highest BCUT2D eigenvalue weighted by Crippen LogP contribution is 2.34. The third kappa shape index (κ3) is 2.84. The van der Waals surface area contributed by atoms with Crippen molar-refractivity contribution in [3.05, 3.63) is 29.8 Å². The lowest BCUT2D eigenvalue weighted by molar-refractivity contribution is 0.0419. The molecule has 0 aliphatic carbocycles. The summed E-state index contributed by atoms with van der Waals surface area (Å²) in [6, 6.07) is 8.24. The molecule has 1 unspecified atom stereocenters. The number of hydrogen-bond donors (Lipinski definition) is 0. The highest BCUT2D eigenvalue weighted by Gasteiger charge is 2.38. The van der Waals surface area contributed by atoms with E-state index in [9.17, 15) is 4.79 Å². The van der Waals surface area contributed by atoms with Crippen LogP contribution in [0.5, 0.6) is 0 Å². The Bertz CT molecular complexity index is 484. The lowest BCUT2D eigenvalue weighted by Crippen LogP contribution is -2.50. The van der Waals surface area contributed by atoms with Crippen LogP contribution in [0.2, 0.25) is 0 Å². The zero-order valence-corrected chi connectivity index (χ0v) is 13.2. The first-order chi connectivity index (χ1) is 10.2. The Labute approximate surface area is 127 Å². The average Bonchev–Trinajstić information content (AvgIpc) is 2.57. The summed E-state index contributed by atoms with van der Waals surface area (Å²) in [5.74, 6) is 1.20. The number of nitrogens with zero attached hydrogens (tertiary/aromatic N) is 2. The molecule has 1 atom stereocenters. The fourth-order valence-electron chi connectivity index (χ4n) is 3.90. The lowest BCUT2D eigenvalue weighted by atomic mass is 9.75. The van der Waals surface area contributed by atoms with E-state index in [1.54, 1.807) is 0 Å². The fourth-order valence-corrected chi connectivity index (χ4v) is 3.90. The predicted octanol–water partition coefficient (Wildman–Crippen LogP) is 3.06. The summed E-state index contributed by atoms with van der Waals surface area (Å²) < 4.78 is 0. The molecule has 3 heteroatoms. The van der Waals surface area contributed by atoms with Gasteiger partial charge in [-0.3, -0.25) is 4.79 Å². The topological polar surface area (TPSA) is 23.6 Å². The van der Waals surface area contributed by atoms with Crippen molar-refractivity contribution in [2.45, 2.75) is 26.7 Å². The number of carbonyl (C=O) groups excluding carboxylic acids is 1. The van der Waals surface area contributed by atoms with Crippen LogP contribution in [0.15, 0.2) is 24.3 Å². The Kier molecular flexibility index (Phi) is 4.29. The van der Waals surface area contributed by atoms with Crippen LogP contribution in [0, 0.1) is 11.8 Å². The minimum Gasteiger partial charge on any atom is -0.372 e. The van der Waals surface area contributed by atoms with Gasteiger partial charge >= 0.3 is 0 Å². The normalized spacial score (nSPS) is 27.6. The third-order valence-corrected chi connectivity index (χ3v) is 5.27. The van der Waals surface area contributed by atoms with Gasteiger partial charge in [-0.2, -0.15) is 0 Å².